The van der Waals surface area contributed by atoms with Crippen molar-refractivity contribution in [1.82, 2.24) is 0 Å². The van der Waals surface area contributed by atoms with Gasteiger partial charge in [-0.2, -0.15) is 0 Å². The van der Waals surface area contributed by atoms with Crippen molar-refractivity contribution in [3.05, 3.63) is 186 Å². The molecule has 0 saturated carbocycles. The van der Waals surface area contributed by atoms with Crippen molar-refractivity contribution in [1.29, 1.82) is 0 Å². The van der Waals surface area contributed by atoms with Crippen LogP contribution in [0, 0.1) is 6.92 Å². The van der Waals surface area contributed by atoms with Gasteiger partial charge in [-0.1, -0.05) is 142 Å². The lowest BCUT2D eigenvalue weighted by Crippen LogP contribution is -1.98. The number of rotatable bonds is 6. The first-order chi connectivity index (χ1) is 24.1. The zero-order valence-electron chi connectivity index (χ0n) is 29.0. The van der Waals surface area contributed by atoms with E-state index in [0.29, 0.717) is 5.92 Å². The van der Waals surface area contributed by atoms with Crippen LogP contribution in [0.5, 0.6) is 0 Å². The Morgan fingerprint density at radius 2 is 1.24 bits per heavy atom. The summed E-state index contributed by atoms with van der Waals surface area (Å²) < 4.78 is 5.94. The number of allylic oxidation sites excluding steroid dienone is 4. The Balaban J connectivity index is 0.000000163. The molecule has 1 unspecified atom stereocenters. The zero-order valence-corrected chi connectivity index (χ0v) is 29.0. The minimum absolute atomic E-state index is 0.422. The molecule has 1 aliphatic carbocycles. The van der Waals surface area contributed by atoms with Crippen LogP contribution in [-0.4, -0.2) is 0 Å². The van der Waals surface area contributed by atoms with Crippen molar-refractivity contribution in [3.8, 4) is 11.1 Å². The van der Waals surface area contributed by atoms with Gasteiger partial charge in [0.25, 0.3) is 0 Å². The number of fused-ring (bicyclic) bond motifs is 3. The number of para-hydroxylation sites is 1. The Morgan fingerprint density at radius 3 is 1.92 bits per heavy atom. The number of nitrogens with one attached hydrogen (secondary N) is 1. The fraction of sp³-hybridized carbons (Fsp3) is 0.149. The van der Waals surface area contributed by atoms with E-state index in [0.717, 1.165) is 35.4 Å². The van der Waals surface area contributed by atoms with E-state index in [4.69, 9.17) is 4.42 Å². The first-order valence-electron chi connectivity index (χ1n) is 17.5. The summed E-state index contributed by atoms with van der Waals surface area (Å²) in [4.78, 5) is 0. The van der Waals surface area contributed by atoms with Gasteiger partial charge in [-0.25, -0.2) is 0 Å². The molecule has 1 atom stereocenters. The van der Waals surface area contributed by atoms with Gasteiger partial charge in [0.15, 0.2) is 0 Å². The van der Waals surface area contributed by atoms with E-state index in [1.807, 2.05) is 32.0 Å². The predicted molar refractivity (Wildman–Crippen MR) is 212 cm³/mol. The highest BCUT2D eigenvalue weighted by molar-refractivity contribution is 6.05. The molecule has 0 bridgehead atoms. The van der Waals surface area contributed by atoms with Crippen LogP contribution in [0.1, 0.15) is 55.4 Å². The molecule has 0 saturated heterocycles. The second kappa shape index (κ2) is 16.0. The van der Waals surface area contributed by atoms with Crippen LogP contribution in [0.25, 0.3) is 38.6 Å². The molecule has 2 heteroatoms. The van der Waals surface area contributed by atoms with Gasteiger partial charge in [0.2, 0.25) is 0 Å². The van der Waals surface area contributed by atoms with Crippen LogP contribution in [0.2, 0.25) is 0 Å². The Morgan fingerprint density at radius 1 is 0.612 bits per heavy atom. The van der Waals surface area contributed by atoms with E-state index < -0.39 is 0 Å². The molecule has 0 fully saturated rings. The smallest absolute Gasteiger partial charge is 0.135 e. The monoisotopic (exact) mass is 639 g/mol. The number of aryl methyl sites for hydroxylation is 2. The van der Waals surface area contributed by atoms with Crippen LogP contribution in [0.4, 0.5) is 11.4 Å². The molecule has 0 spiro atoms. The average molecular weight is 640 g/mol. The maximum absolute atomic E-state index is 5.94. The van der Waals surface area contributed by atoms with Gasteiger partial charge in [0.1, 0.15) is 11.2 Å². The predicted octanol–water partition coefficient (Wildman–Crippen LogP) is 13.7. The molecule has 244 valence electrons. The molecule has 8 rings (SSSR count). The topological polar surface area (TPSA) is 25.2 Å². The van der Waals surface area contributed by atoms with Gasteiger partial charge < -0.3 is 9.73 Å². The molecule has 49 heavy (non-hydrogen) atoms. The zero-order chi connectivity index (χ0) is 34.0. The first-order valence-corrected chi connectivity index (χ1v) is 17.5. The molecule has 1 aromatic heterocycles. The molecule has 0 amide bonds. The van der Waals surface area contributed by atoms with E-state index in [9.17, 15) is 0 Å². The summed E-state index contributed by atoms with van der Waals surface area (Å²) in [5.41, 5.74) is 13.4. The highest BCUT2D eigenvalue weighted by Gasteiger charge is 2.14. The Hall–Kier alpha value is -5.60. The largest absolute Gasteiger partial charge is 0.456 e. The van der Waals surface area contributed by atoms with Gasteiger partial charge >= 0.3 is 0 Å². The third-order valence-corrected chi connectivity index (χ3v) is 9.04. The molecule has 1 N–H and O–H groups in total. The molecular formula is C47H45NO. The van der Waals surface area contributed by atoms with Gasteiger partial charge in [-0.15, -0.1) is 0 Å². The van der Waals surface area contributed by atoms with Crippen LogP contribution in [0.3, 0.4) is 0 Å². The van der Waals surface area contributed by atoms with Gasteiger partial charge in [0.05, 0.1) is 0 Å². The lowest BCUT2D eigenvalue weighted by atomic mass is 9.88. The van der Waals surface area contributed by atoms with Crippen molar-refractivity contribution < 1.29 is 4.42 Å². The number of furan rings is 1. The summed E-state index contributed by atoms with van der Waals surface area (Å²) in [7, 11) is 0. The Labute approximate surface area is 291 Å². The second-order valence-electron chi connectivity index (χ2n) is 12.1. The lowest BCUT2D eigenvalue weighted by Gasteiger charge is -2.17. The number of hydrogen-bond acceptors (Lipinski definition) is 2. The molecule has 0 radical (unpaired) electrons. The summed E-state index contributed by atoms with van der Waals surface area (Å²) in [6.07, 6.45) is 9.03. The number of anilines is 2. The Bertz CT molecular complexity index is 2170. The van der Waals surface area contributed by atoms with Gasteiger partial charge in [-0.05, 0) is 101 Å². The summed E-state index contributed by atoms with van der Waals surface area (Å²) in [6.45, 7) is 8.36. The lowest BCUT2D eigenvalue weighted by molar-refractivity contribution is 0.668. The van der Waals surface area contributed by atoms with Crippen molar-refractivity contribution in [3.63, 3.8) is 0 Å². The summed E-state index contributed by atoms with van der Waals surface area (Å²) in [5, 5.41) is 5.88. The molecule has 2 nitrogen and oxygen atoms in total. The molecule has 1 heterocycles. The third kappa shape index (κ3) is 7.93. The Kier molecular flexibility index (Phi) is 10.9. The standard InChI is InChI=1S/C24H18O.C21H21N.C2H6/c1-2-6-17(7-3-1)18-10-12-19(13-11-18)20-14-15-24-22(16-20)21-8-4-5-9-23(21)25-24;1-3-17-9-14-21(15-16(17)2)22-20-12-10-19(11-13-20)18-7-5-4-6-8-18;1-2/h1-12,14-16,19H,13H2;4-15,22H,3H2,1-2H3;1-2H3. The summed E-state index contributed by atoms with van der Waals surface area (Å²) in [5.74, 6) is 0.422. The summed E-state index contributed by atoms with van der Waals surface area (Å²) >= 11 is 0. The normalized spacial score (nSPS) is 13.6. The van der Waals surface area contributed by atoms with E-state index in [-0.39, 0.29) is 0 Å². The molecular weight excluding hydrogens is 595 g/mol. The van der Waals surface area contributed by atoms with Crippen LogP contribution >= 0.6 is 0 Å². The van der Waals surface area contributed by atoms with Crippen LogP contribution in [-0.2, 0) is 6.42 Å². The van der Waals surface area contributed by atoms with Gasteiger partial charge in [0, 0.05) is 28.1 Å². The van der Waals surface area contributed by atoms with Crippen LogP contribution < -0.4 is 5.32 Å². The fourth-order valence-corrected chi connectivity index (χ4v) is 6.40. The van der Waals surface area contributed by atoms with Crippen LogP contribution in [0.15, 0.2) is 168 Å². The quantitative estimate of drug-likeness (QED) is 0.196. The summed E-state index contributed by atoms with van der Waals surface area (Å²) in [6, 6.07) is 51.0. The van der Waals surface area contributed by atoms with Crippen molar-refractivity contribution in [2.45, 2.75) is 46.5 Å². The van der Waals surface area contributed by atoms with Crippen molar-refractivity contribution in [2.75, 3.05) is 5.32 Å². The first kappa shape index (κ1) is 33.3. The van der Waals surface area contributed by atoms with E-state index in [1.54, 1.807) is 0 Å². The highest BCUT2D eigenvalue weighted by atomic mass is 16.3. The number of hydrogen-bond donors (Lipinski definition) is 1. The average Bonchev–Trinajstić information content (AvgIpc) is 3.55. The van der Waals surface area contributed by atoms with Crippen molar-refractivity contribution in [2.24, 2.45) is 0 Å². The van der Waals surface area contributed by atoms with Crippen molar-refractivity contribution >= 4 is 38.9 Å². The minimum Gasteiger partial charge on any atom is -0.456 e. The van der Waals surface area contributed by atoms with Gasteiger partial charge in [-0.3, -0.25) is 0 Å². The number of benzene rings is 6. The SMILES string of the molecule is C1=CC(c2ccc3oc4ccccc4c3c2)CC=C1c1ccccc1.CC.CCc1ccc(Nc2ccc(-c3ccccc3)cc2)cc1C. The van der Waals surface area contributed by atoms with E-state index in [2.05, 4.69) is 165 Å². The third-order valence-electron chi connectivity index (χ3n) is 9.04. The van der Waals surface area contributed by atoms with E-state index in [1.165, 1.54) is 49.7 Å². The highest BCUT2D eigenvalue weighted by Crippen LogP contribution is 2.35. The maximum atomic E-state index is 5.94. The molecule has 0 aliphatic heterocycles. The fourth-order valence-electron chi connectivity index (χ4n) is 6.40. The molecule has 1 aliphatic rings. The second-order valence-corrected chi connectivity index (χ2v) is 12.1. The molecule has 6 aromatic carbocycles. The maximum Gasteiger partial charge on any atom is 0.135 e. The minimum atomic E-state index is 0.422. The molecule has 7 aromatic rings. The van der Waals surface area contributed by atoms with E-state index >= 15 is 0 Å².